The molecule has 0 aliphatic heterocycles. The van der Waals surface area contributed by atoms with E-state index in [1.54, 1.807) is 24.3 Å². The molecule has 0 saturated heterocycles. The Bertz CT molecular complexity index is 526. The van der Waals surface area contributed by atoms with Gasteiger partial charge < -0.3 is 5.32 Å². The third kappa shape index (κ3) is 3.70. The normalized spacial score (nSPS) is 10.6. The molecule has 0 fully saturated rings. The topological polar surface area (TPSA) is 12.0 Å². The van der Waals surface area contributed by atoms with Crippen LogP contribution in [0.15, 0.2) is 42.5 Å². The molecule has 0 unspecified atom stereocenters. The van der Waals surface area contributed by atoms with Crippen LogP contribution in [0.25, 0.3) is 0 Å². The quantitative estimate of drug-likeness (QED) is 0.876. The maximum absolute atomic E-state index is 12.7. The summed E-state index contributed by atoms with van der Waals surface area (Å²) < 4.78 is 12.7. The smallest absolute Gasteiger partial charge is 0.123 e. The largest absolute Gasteiger partial charge is 0.309 e. The molecule has 0 aromatic heterocycles. The molecule has 0 spiro atoms. The van der Waals surface area contributed by atoms with Gasteiger partial charge in [-0.2, -0.15) is 0 Å². The summed E-state index contributed by atoms with van der Waals surface area (Å²) in [5.41, 5.74) is 1.97. The van der Waals surface area contributed by atoms with Crippen molar-refractivity contribution in [2.75, 3.05) is 0 Å². The van der Waals surface area contributed by atoms with E-state index in [1.807, 2.05) is 6.07 Å². The molecule has 18 heavy (non-hydrogen) atoms. The van der Waals surface area contributed by atoms with Crippen LogP contribution >= 0.6 is 23.2 Å². The number of rotatable bonds is 4. The zero-order valence-corrected chi connectivity index (χ0v) is 11.1. The average Bonchev–Trinajstić information content (AvgIpc) is 2.36. The average molecular weight is 284 g/mol. The van der Waals surface area contributed by atoms with Gasteiger partial charge in [-0.05, 0) is 41.5 Å². The lowest BCUT2D eigenvalue weighted by molar-refractivity contribution is 0.625. The van der Waals surface area contributed by atoms with Crippen LogP contribution in [0.5, 0.6) is 0 Å². The SMILES string of the molecule is Fc1ccc(CNCc2cc(Cl)ccc2Cl)cc1. The number of hydrogen-bond acceptors (Lipinski definition) is 1. The number of halogens is 3. The fourth-order valence-electron chi connectivity index (χ4n) is 1.62. The van der Waals surface area contributed by atoms with Crippen LogP contribution in [0.4, 0.5) is 4.39 Å². The summed E-state index contributed by atoms with van der Waals surface area (Å²) in [7, 11) is 0. The fourth-order valence-corrected chi connectivity index (χ4v) is 2.00. The molecule has 0 saturated carbocycles. The van der Waals surface area contributed by atoms with Gasteiger partial charge in [0.05, 0.1) is 0 Å². The summed E-state index contributed by atoms with van der Waals surface area (Å²) in [6.07, 6.45) is 0. The Balaban J connectivity index is 1.92. The molecule has 1 nitrogen and oxygen atoms in total. The first-order valence-corrected chi connectivity index (χ1v) is 6.30. The van der Waals surface area contributed by atoms with E-state index in [-0.39, 0.29) is 5.82 Å². The molecule has 0 aliphatic carbocycles. The molecule has 2 aromatic rings. The van der Waals surface area contributed by atoms with Gasteiger partial charge in [-0.25, -0.2) is 4.39 Å². The van der Waals surface area contributed by atoms with E-state index in [0.29, 0.717) is 23.1 Å². The van der Waals surface area contributed by atoms with Crippen molar-refractivity contribution in [3.63, 3.8) is 0 Å². The van der Waals surface area contributed by atoms with E-state index < -0.39 is 0 Å². The van der Waals surface area contributed by atoms with Crippen LogP contribution in [0.1, 0.15) is 11.1 Å². The maximum atomic E-state index is 12.7. The van der Waals surface area contributed by atoms with Crippen LogP contribution in [0, 0.1) is 5.82 Å². The predicted molar refractivity (Wildman–Crippen MR) is 73.4 cm³/mol. The second-order valence-corrected chi connectivity index (χ2v) is 4.81. The molecule has 0 radical (unpaired) electrons. The van der Waals surface area contributed by atoms with E-state index in [9.17, 15) is 4.39 Å². The molecule has 2 aromatic carbocycles. The summed E-state index contributed by atoms with van der Waals surface area (Å²) >= 11 is 12.0. The first-order chi connectivity index (χ1) is 8.65. The second-order valence-electron chi connectivity index (χ2n) is 3.97. The van der Waals surface area contributed by atoms with E-state index >= 15 is 0 Å². The zero-order valence-electron chi connectivity index (χ0n) is 9.59. The van der Waals surface area contributed by atoms with Crippen LogP contribution < -0.4 is 5.32 Å². The molecule has 1 N–H and O–H groups in total. The van der Waals surface area contributed by atoms with Gasteiger partial charge in [0.25, 0.3) is 0 Å². The van der Waals surface area contributed by atoms with Gasteiger partial charge in [0.15, 0.2) is 0 Å². The predicted octanol–water partition coefficient (Wildman–Crippen LogP) is 4.42. The van der Waals surface area contributed by atoms with E-state index in [0.717, 1.165) is 11.1 Å². The molecule has 0 bridgehead atoms. The molecular weight excluding hydrogens is 272 g/mol. The van der Waals surface area contributed by atoms with Crippen molar-refractivity contribution in [1.29, 1.82) is 0 Å². The van der Waals surface area contributed by atoms with Crippen molar-refractivity contribution in [1.82, 2.24) is 5.32 Å². The summed E-state index contributed by atoms with van der Waals surface area (Å²) in [5, 5.41) is 4.59. The van der Waals surface area contributed by atoms with Crippen molar-refractivity contribution in [2.24, 2.45) is 0 Å². The van der Waals surface area contributed by atoms with E-state index in [1.165, 1.54) is 12.1 Å². The number of benzene rings is 2. The molecule has 2 rings (SSSR count). The minimum Gasteiger partial charge on any atom is -0.309 e. The Hall–Kier alpha value is -1.09. The Kier molecular flexibility index (Phi) is 4.59. The van der Waals surface area contributed by atoms with Crippen LogP contribution in [-0.2, 0) is 13.1 Å². The Morgan fingerprint density at radius 3 is 2.39 bits per heavy atom. The van der Waals surface area contributed by atoms with Gasteiger partial charge in [-0.1, -0.05) is 35.3 Å². The van der Waals surface area contributed by atoms with E-state index in [2.05, 4.69) is 5.32 Å². The van der Waals surface area contributed by atoms with E-state index in [4.69, 9.17) is 23.2 Å². The minimum atomic E-state index is -0.225. The molecule has 0 amide bonds. The van der Waals surface area contributed by atoms with Gasteiger partial charge in [-0.3, -0.25) is 0 Å². The first-order valence-electron chi connectivity index (χ1n) is 5.54. The number of hydrogen-bond donors (Lipinski definition) is 1. The highest BCUT2D eigenvalue weighted by molar-refractivity contribution is 6.33. The van der Waals surface area contributed by atoms with Crippen LogP contribution in [-0.4, -0.2) is 0 Å². The third-order valence-corrected chi connectivity index (χ3v) is 3.17. The van der Waals surface area contributed by atoms with Gasteiger partial charge >= 0.3 is 0 Å². The Morgan fingerprint density at radius 2 is 1.67 bits per heavy atom. The zero-order chi connectivity index (χ0) is 13.0. The lowest BCUT2D eigenvalue weighted by Gasteiger charge is -2.07. The van der Waals surface area contributed by atoms with Crippen molar-refractivity contribution < 1.29 is 4.39 Å². The van der Waals surface area contributed by atoms with Gasteiger partial charge in [0.2, 0.25) is 0 Å². The van der Waals surface area contributed by atoms with Crippen molar-refractivity contribution in [3.05, 3.63) is 69.5 Å². The summed E-state index contributed by atoms with van der Waals surface area (Å²) in [6.45, 7) is 1.28. The van der Waals surface area contributed by atoms with Crippen LogP contribution in [0.3, 0.4) is 0 Å². The van der Waals surface area contributed by atoms with Crippen molar-refractivity contribution in [3.8, 4) is 0 Å². The molecule has 0 aliphatic rings. The molecule has 0 atom stereocenters. The third-order valence-electron chi connectivity index (χ3n) is 2.57. The molecule has 94 valence electrons. The summed E-state index contributed by atoms with van der Waals surface area (Å²) in [6, 6.07) is 11.8. The monoisotopic (exact) mass is 283 g/mol. The van der Waals surface area contributed by atoms with Crippen LogP contribution in [0.2, 0.25) is 10.0 Å². The highest BCUT2D eigenvalue weighted by Gasteiger charge is 2.01. The molecule has 4 heteroatoms. The highest BCUT2D eigenvalue weighted by Crippen LogP contribution is 2.20. The van der Waals surface area contributed by atoms with Gasteiger partial charge in [0, 0.05) is 23.1 Å². The lowest BCUT2D eigenvalue weighted by atomic mass is 10.2. The number of nitrogens with one attached hydrogen (secondary N) is 1. The Morgan fingerprint density at radius 1 is 0.944 bits per heavy atom. The highest BCUT2D eigenvalue weighted by atomic mass is 35.5. The maximum Gasteiger partial charge on any atom is 0.123 e. The second kappa shape index (κ2) is 6.19. The standard InChI is InChI=1S/C14H12Cl2FN/c15-12-3-6-14(16)11(7-12)9-18-8-10-1-4-13(17)5-2-10/h1-7,18H,8-9H2. The molecule has 0 heterocycles. The lowest BCUT2D eigenvalue weighted by Crippen LogP contribution is -2.12. The van der Waals surface area contributed by atoms with Gasteiger partial charge in [0.1, 0.15) is 5.82 Å². The van der Waals surface area contributed by atoms with Gasteiger partial charge in [-0.15, -0.1) is 0 Å². The first kappa shape index (κ1) is 13.3. The molecular formula is C14H12Cl2FN. The summed E-state index contributed by atoms with van der Waals surface area (Å²) in [4.78, 5) is 0. The summed E-state index contributed by atoms with van der Waals surface area (Å²) in [5.74, 6) is -0.225. The van der Waals surface area contributed by atoms with Crippen molar-refractivity contribution in [2.45, 2.75) is 13.1 Å². The minimum absolute atomic E-state index is 0.225. The van der Waals surface area contributed by atoms with Crippen molar-refractivity contribution >= 4 is 23.2 Å². The fraction of sp³-hybridized carbons (Fsp3) is 0.143. The Labute approximate surface area is 116 Å².